The summed E-state index contributed by atoms with van der Waals surface area (Å²) in [6.07, 6.45) is 15.1. The van der Waals surface area contributed by atoms with Gasteiger partial charge in [-0.2, -0.15) is 0 Å². The van der Waals surface area contributed by atoms with Crippen LogP contribution in [0.5, 0.6) is 0 Å². The Balaban J connectivity index is 1.58. The third kappa shape index (κ3) is 2.49. The summed E-state index contributed by atoms with van der Waals surface area (Å²) in [7, 11) is 2.00. The molecule has 146 valence electrons. The van der Waals surface area contributed by atoms with Gasteiger partial charge >= 0.3 is 0 Å². The van der Waals surface area contributed by atoms with Gasteiger partial charge < -0.3 is 10.4 Å². The molecule has 0 saturated heterocycles. The summed E-state index contributed by atoms with van der Waals surface area (Å²) in [5, 5.41) is 17.8. The summed E-state index contributed by atoms with van der Waals surface area (Å²) in [6, 6.07) is 0.134. The molecule has 3 unspecified atom stereocenters. The predicted octanol–water partition coefficient (Wildman–Crippen LogP) is 4.52. The van der Waals surface area contributed by atoms with E-state index in [1.165, 1.54) is 31.3 Å². The molecule has 1 aromatic rings. The van der Waals surface area contributed by atoms with Crippen LogP contribution in [0.15, 0.2) is 35.4 Å². The highest BCUT2D eigenvalue weighted by Gasteiger charge is 2.58. The summed E-state index contributed by atoms with van der Waals surface area (Å²) in [4.78, 5) is 4.63. The van der Waals surface area contributed by atoms with Gasteiger partial charge in [0.05, 0.1) is 12.0 Å². The molecule has 0 amide bonds. The number of aliphatic hydroxyl groups excluding tert-OH is 1. The number of rotatable bonds is 2. The lowest BCUT2D eigenvalue weighted by Gasteiger charge is -2.59. The van der Waals surface area contributed by atoms with Crippen molar-refractivity contribution >= 4 is 11.3 Å². The second kappa shape index (κ2) is 6.27. The first-order valence-electron chi connectivity index (χ1n) is 10.6. The van der Waals surface area contributed by atoms with Gasteiger partial charge in [0.15, 0.2) is 0 Å². The second-order valence-electron chi connectivity index (χ2n) is 9.81. The summed E-state index contributed by atoms with van der Waals surface area (Å²) in [5.74, 6) is 2.35. The van der Waals surface area contributed by atoms with E-state index in [1.54, 1.807) is 11.3 Å². The highest BCUT2D eigenvalue weighted by atomic mass is 32.1. The number of fused-ring (bicyclic) bond motifs is 5. The van der Waals surface area contributed by atoms with Crippen LogP contribution in [0.1, 0.15) is 56.9 Å². The summed E-state index contributed by atoms with van der Waals surface area (Å²) in [6.45, 7) is 4.98. The Morgan fingerprint density at radius 2 is 2.11 bits per heavy atom. The fourth-order valence-electron chi connectivity index (χ4n) is 7.29. The van der Waals surface area contributed by atoms with Gasteiger partial charge in [-0.15, -0.1) is 11.3 Å². The van der Waals surface area contributed by atoms with Gasteiger partial charge in [0.2, 0.25) is 0 Å². The Hall–Kier alpha value is -0.970. The van der Waals surface area contributed by atoms with Crippen LogP contribution in [0.2, 0.25) is 0 Å². The molecule has 5 rings (SSSR count). The molecule has 0 aliphatic heterocycles. The van der Waals surface area contributed by atoms with E-state index in [1.807, 2.05) is 18.6 Å². The van der Waals surface area contributed by atoms with Crippen molar-refractivity contribution in [1.29, 1.82) is 0 Å². The fourth-order valence-corrected chi connectivity index (χ4v) is 8.08. The van der Waals surface area contributed by atoms with E-state index >= 15 is 0 Å². The molecule has 4 aliphatic rings. The molecule has 2 fully saturated rings. The predicted molar refractivity (Wildman–Crippen MR) is 111 cm³/mol. The molecule has 0 bridgehead atoms. The standard InChI is InChI=1S/C23H32N2OS/c1-22-9-4-5-15(22)14-6-7-17-19(21-25-11-12-27-21)20(26)18(24-3)13-23(17,2)16(14)8-10-22/h4,7,9,11-12,14-16,18-20,24,26H,5-6,8,10,13H2,1-3H3/t14-,15-,16-,18?,19?,20?,22-,23+/m0/s1. The van der Waals surface area contributed by atoms with Gasteiger partial charge in [0.1, 0.15) is 5.01 Å². The van der Waals surface area contributed by atoms with E-state index < -0.39 is 0 Å². The van der Waals surface area contributed by atoms with Gasteiger partial charge in [-0.1, -0.05) is 37.6 Å². The van der Waals surface area contributed by atoms with Crippen molar-refractivity contribution in [3.63, 3.8) is 0 Å². The number of hydrogen-bond donors (Lipinski definition) is 2. The van der Waals surface area contributed by atoms with Crippen molar-refractivity contribution in [1.82, 2.24) is 10.3 Å². The molecule has 27 heavy (non-hydrogen) atoms. The van der Waals surface area contributed by atoms with E-state index in [0.29, 0.717) is 5.41 Å². The fraction of sp³-hybridized carbons (Fsp3) is 0.696. The Bertz CT molecular complexity index is 771. The normalized spacial score (nSPS) is 48.5. The molecular weight excluding hydrogens is 352 g/mol. The van der Waals surface area contributed by atoms with Gasteiger partial charge in [0, 0.05) is 17.6 Å². The molecule has 3 nitrogen and oxygen atoms in total. The topological polar surface area (TPSA) is 45.2 Å². The maximum absolute atomic E-state index is 11.2. The van der Waals surface area contributed by atoms with Crippen LogP contribution in [-0.4, -0.2) is 29.3 Å². The van der Waals surface area contributed by atoms with Crippen molar-refractivity contribution in [2.24, 2.45) is 28.6 Å². The molecule has 2 N–H and O–H groups in total. The molecule has 1 aromatic heterocycles. The van der Waals surface area contributed by atoms with Crippen LogP contribution in [0.4, 0.5) is 0 Å². The molecule has 0 spiro atoms. The van der Waals surface area contributed by atoms with Gasteiger partial charge in [0.25, 0.3) is 0 Å². The van der Waals surface area contributed by atoms with E-state index in [9.17, 15) is 5.11 Å². The first-order chi connectivity index (χ1) is 13.0. The van der Waals surface area contributed by atoms with Crippen molar-refractivity contribution in [2.45, 2.75) is 64.0 Å². The number of aliphatic hydroxyl groups is 1. The number of allylic oxidation sites excluding steroid dienone is 3. The number of likely N-dealkylation sites (N-methyl/N-ethyl adjacent to an activating group) is 1. The smallest absolute Gasteiger partial charge is 0.102 e. The summed E-state index contributed by atoms with van der Waals surface area (Å²) < 4.78 is 0. The SMILES string of the molecule is CNC1C[C@@]2(C)C(=CC[C@H]3[C@@H]4CC=C[C@@]4(C)CC[C@@H]32)C(c2nccs2)C1O. The minimum atomic E-state index is -0.390. The van der Waals surface area contributed by atoms with E-state index in [2.05, 4.69) is 42.4 Å². The van der Waals surface area contributed by atoms with Crippen molar-refractivity contribution in [3.05, 3.63) is 40.4 Å². The van der Waals surface area contributed by atoms with Crippen LogP contribution < -0.4 is 5.32 Å². The maximum Gasteiger partial charge on any atom is 0.102 e. The van der Waals surface area contributed by atoms with Crippen molar-refractivity contribution in [2.75, 3.05) is 7.05 Å². The summed E-state index contributed by atoms with van der Waals surface area (Å²) >= 11 is 1.69. The minimum Gasteiger partial charge on any atom is -0.390 e. The molecule has 1 heterocycles. The Morgan fingerprint density at radius 3 is 2.85 bits per heavy atom. The lowest BCUT2D eigenvalue weighted by Crippen LogP contribution is -2.57. The quantitative estimate of drug-likeness (QED) is 0.737. The number of aromatic nitrogens is 1. The van der Waals surface area contributed by atoms with Crippen molar-refractivity contribution in [3.8, 4) is 0 Å². The summed E-state index contributed by atoms with van der Waals surface area (Å²) in [5.41, 5.74) is 2.05. The van der Waals surface area contributed by atoms with E-state index in [-0.39, 0.29) is 23.5 Å². The number of hydrogen-bond acceptors (Lipinski definition) is 4. The lowest BCUT2D eigenvalue weighted by atomic mass is 9.46. The number of nitrogens with one attached hydrogen (secondary N) is 1. The van der Waals surface area contributed by atoms with Crippen LogP contribution in [-0.2, 0) is 0 Å². The molecule has 4 heteroatoms. The lowest BCUT2D eigenvalue weighted by molar-refractivity contribution is -0.0418. The second-order valence-corrected chi connectivity index (χ2v) is 10.7. The average molecular weight is 385 g/mol. The van der Waals surface area contributed by atoms with Gasteiger partial charge in [-0.05, 0) is 67.7 Å². The zero-order valence-electron chi connectivity index (χ0n) is 16.7. The van der Waals surface area contributed by atoms with Crippen LogP contribution in [0.25, 0.3) is 0 Å². The first kappa shape index (κ1) is 18.1. The molecule has 8 atom stereocenters. The molecular formula is C23H32N2OS. The zero-order chi connectivity index (χ0) is 18.8. The average Bonchev–Trinajstić information content (AvgIpc) is 3.30. The minimum absolute atomic E-state index is 0.0529. The molecule has 4 aliphatic carbocycles. The highest BCUT2D eigenvalue weighted by molar-refractivity contribution is 7.09. The third-order valence-corrected chi connectivity index (χ3v) is 9.53. The first-order valence-corrected chi connectivity index (χ1v) is 11.5. The Kier molecular flexibility index (Phi) is 4.20. The zero-order valence-corrected chi connectivity index (χ0v) is 17.5. The van der Waals surface area contributed by atoms with E-state index in [0.717, 1.165) is 29.2 Å². The van der Waals surface area contributed by atoms with Gasteiger partial charge in [-0.3, -0.25) is 0 Å². The number of nitrogens with zero attached hydrogens (tertiary/aromatic N) is 1. The molecule has 0 aromatic carbocycles. The molecule has 0 radical (unpaired) electrons. The number of thiazole rings is 1. The van der Waals surface area contributed by atoms with Gasteiger partial charge in [-0.25, -0.2) is 4.98 Å². The van der Waals surface area contributed by atoms with Crippen molar-refractivity contribution < 1.29 is 5.11 Å². The largest absolute Gasteiger partial charge is 0.390 e. The van der Waals surface area contributed by atoms with Crippen LogP contribution >= 0.6 is 11.3 Å². The van der Waals surface area contributed by atoms with Crippen LogP contribution in [0.3, 0.4) is 0 Å². The Morgan fingerprint density at radius 1 is 1.26 bits per heavy atom. The van der Waals surface area contributed by atoms with E-state index in [4.69, 9.17) is 0 Å². The maximum atomic E-state index is 11.2. The van der Waals surface area contributed by atoms with Crippen LogP contribution in [0, 0.1) is 28.6 Å². The molecule has 2 saturated carbocycles. The highest BCUT2D eigenvalue weighted by Crippen LogP contribution is 2.65. The third-order valence-electron chi connectivity index (χ3n) is 8.67. The monoisotopic (exact) mass is 384 g/mol. The Labute approximate surface area is 167 Å².